The summed E-state index contributed by atoms with van der Waals surface area (Å²) in [4.78, 5) is 25.0. The topological polar surface area (TPSA) is 49.4 Å². The van der Waals surface area contributed by atoms with Crippen LogP contribution in [0.25, 0.3) is 0 Å². The molecule has 1 N–H and O–H groups in total. The van der Waals surface area contributed by atoms with Gasteiger partial charge in [-0.2, -0.15) is 0 Å². The largest absolute Gasteiger partial charge is 0.352 e. The van der Waals surface area contributed by atoms with Crippen molar-refractivity contribution < 1.29 is 14.0 Å². The van der Waals surface area contributed by atoms with Crippen LogP contribution in [0.1, 0.15) is 30.1 Å². The lowest BCUT2D eigenvalue weighted by molar-refractivity contribution is -0.120. The summed E-state index contributed by atoms with van der Waals surface area (Å²) in [7, 11) is 0. The van der Waals surface area contributed by atoms with Crippen molar-refractivity contribution in [1.29, 1.82) is 0 Å². The normalized spacial score (nSPS) is 18.8. The zero-order valence-electron chi connectivity index (χ0n) is 11.2. The Balaban J connectivity index is 2.12. The summed E-state index contributed by atoms with van der Waals surface area (Å²) in [5, 5.41) is 2.81. The van der Waals surface area contributed by atoms with E-state index in [4.69, 9.17) is 0 Å². The molecule has 0 saturated carbocycles. The number of amides is 2. The van der Waals surface area contributed by atoms with Gasteiger partial charge in [-0.3, -0.25) is 9.59 Å². The van der Waals surface area contributed by atoms with E-state index in [-0.39, 0.29) is 27.9 Å². The van der Waals surface area contributed by atoms with E-state index in [2.05, 4.69) is 21.2 Å². The van der Waals surface area contributed by atoms with Crippen LogP contribution >= 0.6 is 15.9 Å². The molecule has 2 amide bonds. The molecule has 4 nitrogen and oxygen atoms in total. The highest BCUT2D eigenvalue weighted by molar-refractivity contribution is 9.10. The third kappa shape index (κ3) is 3.36. The highest BCUT2D eigenvalue weighted by Crippen LogP contribution is 2.21. The van der Waals surface area contributed by atoms with Crippen molar-refractivity contribution in [1.82, 2.24) is 10.2 Å². The van der Waals surface area contributed by atoms with Gasteiger partial charge in [0.05, 0.1) is 10.0 Å². The molecular formula is C14H16BrFN2O2. The molecule has 1 unspecified atom stereocenters. The van der Waals surface area contributed by atoms with Crippen LogP contribution in [-0.4, -0.2) is 35.8 Å². The molecule has 1 fully saturated rings. The SMILES string of the molecule is CC(=O)NC1CCCN(C(=O)c2cccc(Br)c2F)C1. The summed E-state index contributed by atoms with van der Waals surface area (Å²) in [5.41, 5.74) is 0.0582. The molecule has 20 heavy (non-hydrogen) atoms. The Morgan fingerprint density at radius 3 is 2.90 bits per heavy atom. The third-order valence-electron chi connectivity index (χ3n) is 3.30. The van der Waals surface area contributed by atoms with Crippen molar-refractivity contribution in [3.63, 3.8) is 0 Å². The lowest BCUT2D eigenvalue weighted by Crippen LogP contribution is -2.49. The Morgan fingerprint density at radius 2 is 2.20 bits per heavy atom. The minimum absolute atomic E-state index is 0.0552. The molecule has 1 aromatic carbocycles. The molecular weight excluding hydrogens is 327 g/mol. The third-order valence-corrected chi connectivity index (χ3v) is 3.91. The molecule has 1 aromatic rings. The van der Waals surface area contributed by atoms with Crippen LogP contribution in [0.5, 0.6) is 0 Å². The quantitative estimate of drug-likeness (QED) is 0.896. The zero-order chi connectivity index (χ0) is 14.7. The Kier molecular flexibility index (Phi) is 4.75. The van der Waals surface area contributed by atoms with Crippen LogP contribution in [-0.2, 0) is 4.79 Å². The second-order valence-corrected chi connectivity index (χ2v) is 5.75. The van der Waals surface area contributed by atoms with E-state index in [1.54, 1.807) is 17.0 Å². The number of likely N-dealkylation sites (tertiary alicyclic amines) is 1. The molecule has 108 valence electrons. The van der Waals surface area contributed by atoms with Gasteiger partial charge in [-0.15, -0.1) is 0 Å². The molecule has 0 bridgehead atoms. The fourth-order valence-corrected chi connectivity index (χ4v) is 2.77. The summed E-state index contributed by atoms with van der Waals surface area (Å²) >= 11 is 3.08. The molecule has 0 aliphatic carbocycles. The average molecular weight is 343 g/mol. The maximum atomic E-state index is 14.0. The highest BCUT2D eigenvalue weighted by atomic mass is 79.9. The van der Waals surface area contributed by atoms with Gasteiger partial charge < -0.3 is 10.2 Å². The predicted molar refractivity (Wildman–Crippen MR) is 76.8 cm³/mol. The van der Waals surface area contributed by atoms with Gasteiger partial charge in [-0.05, 0) is 40.9 Å². The maximum Gasteiger partial charge on any atom is 0.256 e. The number of nitrogens with one attached hydrogen (secondary N) is 1. The first-order valence-corrected chi connectivity index (χ1v) is 7.28. The number of benzene rings is 1. The number of rotatable bonds is 2. The number of carbonyl (C=O) groups excluding carboxylic acids is 2. The first-order chi connectivity index (χ1) is 9.49. The predicted octanol–water partition coefficient (Wildman–Crippen LogP) is 2.33. The van der Waals surface area contributed by atoms with Crippen LogP contribution in [0, 0.1) is 5.82 Å². The lowest BCUT2D eigenvalue weighted by atomic mass is 10.0. The molecule has 2 rings (SSSR count). The van der Waals surface area contributed by atoms with Crippen molar-refractivity contribution in [2.45, 2.75) is 25.8 Å². The van der Waals surface area contributed by atoms with Gasteiger partial charge >= 0.3 is 0 Å². The van der Waals surface area contributed by atoms with Crippen molar-refractivity contribution >= 4 is 27.7 Å². The van der Waals surface area contributed by atoms with Crippen molar-refractivity contribution in [3.8, 4) is 0 Å². The Hall–Kier alpha value is -1.43. The minimum atomic E-state index is -0.542. The standard InChI is InChI=1S/C14H16BrFN2O2/c1-9(19)17-10-4-3-7-18(8-10)14(20)11-5-2-6-12(15)13(11)16/h2,5-6,10H,3-4,7-8H2,1H3,(H,17,19). The second-order valence-electron chi connectivity index (χ2n) is 4.89. The number of hydrogen-bond donors (Lipinski definition) is 1. The maximum absolute atomic E-state index is 14.0. The molecule has 6 heteroatoms. The summed E-state index contributed by atoms with van der Waals surface area (Å²) in [6.45, 7) is 2.46. The Morgan fingerprint density at radius 1 is 1.45 bits per heavy atom. The van der Waals surface area contributed by atoms with Gasteiger partial charge in [0.1, 0.15) is 5.82 Å². The van der Waals surface area contributed by atoms with Crippen molar-refractivity contribution in [2.75, 3.05) is 13.1 Å². The van der Waals surface area contributed by atoms with Crippen LogP contribution in [0.4, 0.5) is 4.39 Å². The average Bonchev–Trinajstić information content (AvgIpc) is 2.41. The Labute approximate surface area is 125 Å². The highest BCUT2D eigenvalue weighted by Gasteiger charge is 2.26. The number of hydrogen-bond acceptors (Lipinski definition) is 2. The molecule has 1 atom stereocenters. The van der Waals surface area contributed by atoms with E-state index in [1.807, 2.05) is 0 Å². The van der Waals surface area contributed by atoms with Gasteiger partial charge in [-0.25, -0.2) is 4.39 Å². The summed E-state index contributed by atoms with van der Waals surface area (Å²) < 4.78 is 14.2. The van der Waals surface area contributed by atoms with E-state index in [9.17, 15) is 14.0 Å². The van der Waals surface area contributed by atoms with Crippen molar-refractivity contribution in [2.24, 2.45) is 0 Å². The van der Waals surface area contributed by atoms with E-state index >= 15 is 0 Å². The number of halogens is 2. The van der Waals surface area contributed by atoms with E-state index in [1.165, 1.54) is 13.0 Å². The smallest absolute Gasteiger partial charge is 0.256 e. The summed E-state index contributed by atoms with van der Waals surface area (Å²) in [6, 6.07) is 4.61. The van der Waals surface area contributed by atoms with E-state index < -0.39 is 5.82 Å². The summed E-state index contributed by atoms with van der Waals surface area (Å²) in [6.07, 6.45) is 1.64. The Bertz CT molecular complexity index is 536. The van der Waals surface area contributed by atoms with Crippen LogP contribution in [0.3, 0.4) is 0 Å². The second kappa shape index (κ2) is 6.35. The van der Waals surface area contributed by atoms with Gasteiger partial charge in [0, 0.05) is 26.1 Å². The first kappa shape index (κ1) is 15.0. The molecule has 1 aliphatic heterocycles. The zero-order valence-corrected chi connectivity index (χ0v) is 12.7. The van der Waals surface area contributed by atoms with Gasteiger partial charge in [-0.1, -0.05) is 6.07 Å². The minimum Gasteiger partial charge on any atom is -0.352 e. The van der Waals surface area contributed by atoms with Gasteiger partial charge in [0.25, 0.3) is 5.91 Å². The fraction of sp³-hybridized carbons (Fsp3) is 0.429. The van der Waals surface area contributed by atoms with Gasteiger partial charge in [0.2, 0.25) is 5.91 Å². The molecule has 0 spiro atoms. The number of carbonyl (C=O) groups is 2. The fourth-order valence-electron chi connectivity index (χ4n) is 2.41. The first-order valence-electron chi connectivity index (χ1n) is 6.49. The van der Waals surface area contributed by atoms with Gasteiger partial charge in [0.15, 0.2) is 0 Å². The molecule has 0 aromatic heterocycles. The summed E-state index contributed by atoms with van der Waals surface area (Å²) in [5.74, 6) is -0.990. The molecule has 0 radical (unpaired) electrons. The monoisotopic (exact) mass is 342 g/mol. The van der Waals surface area contributed by atoms with Crippen molar-refractivity contribution in [3.05, 3.63) is 34.1 Å². The van der Waals surface area contributed by atoms with Crippen LogP contribution in [0.15, 0.2) is 22.7 Å². The molecule has 1 saturated heterocycles. The number of nitrogens with zero attached hydrogens (tertiary/aromatic N) is 1. The van der Waals surface area contributed by atoms with Crippen LogP contribution < -0.4 is 5.32 Å². The molecule has 1 aliphatic rings. The lowest BCUT2D eigenvalue weighted by Gasteiger charge is -2.33. The van der Waals surface area contributed by atoms with E-state index in [0.717, 1.165) is 12.8 Å². The molecule has 1 heterocycles. The number of piperidine rings is 1. The van der Waals surface area contributed by atoms with E-state index in [0.29, 0.717) is 13.1 Å². The van der Waals surface area contributed by atoms with Crippen LogP contribution in [0.2, 0.25) is 0 Å².